The number of rotatable bonds is 7. The molecule has 0 spiro atoms. The molecule has 112 valence electrons. The Balaban J connectivity index is 2.88. The molecule has 6 heteroatoms. The maximum absolute atomic E-state index is 13.9. The van der Waals surface area contributed by atoms with Gasteiger partial charge in [0.05, 0.1) is 6.61 Å². The Morgan fingerprint density at radius 3 is 2.75 bits per heavy atom. The zero-order valence-corrected chi connectivity index (χ0v) is 12.7. The van der Waals surface area contributed by atoms with E-state index in [2.05, 4.69) is 5.32 Å². The summed E-state index contributed by atoms with van der Waals surface area (Å²) >= 11 is 5.73. The van der Waals surface area contributed by atoms with Crippen LogP contribution in [0.15, 0.2) is 18.2 Å². The van der Waals surface area contributed by atoms with Gasteiger partial charge in [0, 0.05) is 23.7 Å². The lowest BCUT2D eigenvalue weighted by Crippen LogP contribution is -2.35. The molecule has 0 radical (unpaired) electrons. The van der Waals surface area contributed by atoms with Crippen LogP contribution in [-0.4, -0.2) is 44.7 Å². The molecule has 1 aromatic carbocycles. The number of likely N-dealkylation sites (N-methyl/N-ethyl adjacent to an activating group) is 1. The number of ether oxygens (including phenoxy) is 1. The van der Waals surface area contributed by atoms with Gasteiger partial charge in [0.25, 0.3) is 0 Å². The van der Waals surface area contributed by atoms with E-state index < -0.39 is 17.8 Å². The van der Waals surface area contributed by atoms with Crippen LogP contribution in [0.4, 0.5) is 4.39 Å². The average molecular weight is 303 g/mol. The molecule has 0 aromatic heterocycles. The predicted octanol–water partition coefficient (Wildman–Crippen LogP) is 2.23. The molecule has 20 heavy (non-hydrogen) atoms. The summed E-state index contributed by atoms with van der Waals surface area (Å²) in [4.78, 5) is 13.9. The Bertz CT molecular complexity index is 455. The van der Waals surface area contributed by atoms with E-state index in [9.17, 15) is 9.18 Å². The molecule has 0 bridgehead atoms. The van der Waals surface area contributed by atoms with Crippen LogP contribution >= 0.6 is 11.6 Å². The van der Waals surface area contributed by atoms with E-state index in [1.807, 2.05) is 19.0 Å². The largest absolute Gasteiger partial charge is 0.465 e. The second kappa shape index (κ2) is 8.19. The minimum atomic E-state index is -0.827. The predicted molar refractivity (Wildman–Crippen MR) is 77.3 cm³/mol. The van der Waals surface area contributed by atoms with Gasteiger partial charge in [-0.3, -0.25) is 5.32 Å². The van der Waals surface area contributed by atoms with Crippen LogP contribution in [0.25, 0.3) is 0 Å². The van der Waals surface area contributed by atoms with Gasteiger partial charge in [0.2, 0.25) is 0 Å². The Morgan fingerprint density at radius 1 is 1.50 bits per heavy atom. The van der Waals surface area contributed by atoms with Crippen LogP contribution in [0.2, 0.25) is 5.02 Å². The first-order chi connectivity index (χ1) is 9.45. The first kappa shape index (κ1) is 16.9. The lowest BCUT2D eigenvalue weighted by atomic mass is 10.1. The number of benzene rings is 1. The number of hydrogen-bond acceptors (Lipinski definition) is 4. The fourth-order valence-electron chi connectivity index (χ4n) is 1.71. The Morgan fingerprint density at radius 2 is 2.20 bits per heavy atom. The molecule has 1 N–H and O–H groups in total. The van der Waals surface area contributed by atoms with E-state index in [4.69, 9.17) is 16.3 Å². The molecule has 0 saturated heterocycles. The monoisotopic (exact) mass is 302 g/mol. The fraction of sp³-hybridized carbons (Fsp3) is 0.500. The van der Waals surface area contributed by atoms with Crippen molar-refractivity contribution in [3.63, 3.8) is 0 Å². The van der Waals surface area contributed by atoms with E-state index in [-0.39, 0.29) is 12.2 Å². The first-order valence-electron chi connectivity index (χ1n) is 6.45. The third-order valence-corrected chi connectivity index (χ3v) is 2.94. The number of esters is 1. The molecule has 0 aliphatic carbocycles. The lowest BCUT2D eigenvalue weighted by Gasteiger charge is -2.19. The van der Waals surface area contributed by atoms with Crippen molar-refractivity contribution in [3.05, 3.63) is 34.6 Å². The molecule has 4 nitrogen and oxygen atoms in total. The second-order valence-corrected chi connectivity index (χ2v) is 5.04. The highest BCUT2D eigenvalue weighted by molar-refractivity contribution is 6.30. The maximum Gasteiger partial charge on any atom is 0.327 e. The van der Waals surface area contributed by atoms with E-state index in [0.29, 0.717) is 11.6 Å². The van der Waals surface area contributed by atoms with Crippen molar-refractivity contribution < 1.29 is 13.9 Å². The molecule has 1 atom stereocenters. The molecule has 1 aromatic rings. The number of hydrogen-bond donors (Lipinski definition) is 1. The van der Waals surface area contributed by atoms with Gasteiger partial charge in [0.15, 0.2) is 0 Å². The Kier molecular flexibility index (Phi) is 6.91. The van der Waals surface area contributed by atoms with Crippen molar-refractivity contribution in [3.8, 4) is 0 Å². The third-order valence-electron chi connectivity index (χ3n) is 2.70. The standard InChI is InChI=1S/C14H20ClFN2O2/c1-4-20-14(19)13(17-7-8-18(2)3)11-6-5-10(15)9-12(11)16/h5-6,9,13,17H,4,7-8H2,1-3H3. The molecule has 0 aliphatic heterocycles. The topological polar surface area (TPSA) is 41.6 Å². The minimum Gasteiger partial charge on any atom is -0.465 e. The summed E-state index contributed by atoms with van der Waals surface area (Å²) in [5, 5.41) is 3.31. The van der Waals surface area contributed by atoms with Gasteiger partial charge in [0.1, 0.15) is 11.9 Å². The summed E-state index contributed by atoms with van der Waals surface area (Å²) in [6.45, 7) is 3.23. The smallest absolute Gasteiger partial charge is 0.327 e. The van der Waals surface area contributed by atoms with Gasteiger partial charge in [-0.2, -0.15) is 0 Å². The summed E-state index contributed by atoms with van der Waals surface area (Å²) in [7, 11) is 3.84. The van der Waals surface area contributed by atoms with Crippen molar-refractivity contribution in [2.45, 2.75) is 13.0 Å². The molecule has 1 unspecified atom stereocenters. The number of carbonyl (C=O) groups excluding carboxylic acids is 1. The van der Waals surface area contributed by atoms with Crippen LogP contribution in [0.3, 0.4) is 0 Å². The Hall–Kier alpha value is -1.17. The molecule has 0 aliphatic rings. The van der Waals surface area contributed by atoms with Crippen LogP contribution < -0.4 is 5.32 Å². The molecule has 0 saturated carbocycles. The second-order valence-electron chi connectivity index (χ2n) is 4.61. The summed E-state index contributed by atoms with van der Waals surface area (Å²) in [5.74, 6) is -1.01. The summed E-state index contributed by atoms with van der Waals surface area (Å²) in [5.41, 5.74) is 0.242. The van der Waals surface area contributed by atoms with Crippen LogP contribution in [-0.2, 0) is 9.53 Å². The van der Waals surface area contributed by atoms with Gasteiger partial charge >= 0.3 is 5.97 Å². The highest BCUT2D eigenvalue weighted by Gasteiger charge is 2.24. The van der Waals surface area contributed by atoms with E-state index in [0.717, 1.165) is 6.54 Å². The SMILES string of the molecule is CCOC(=O)C(NCCN(C)C)c1ccc(Cl)cc1F. The van der Waals surface area contributed by atoms with Gasteiger partial charge in [-0.1, -0.05) is 17.7 Å². The molecule has 0 amide bonds. The number of nitrogens with one attached hydrogen (secondary N) is 1. The van der Waals surface area contributed by atoms with Gasteiger partial charge in [-0.05, 0) is 33.2 Å². The van der Waals surface area contributed by atoms with Gasteiger partial charge < -0.3 is 9.64 Å². The van der Waals surface area contributed by atoms with Crippen molar-refractivity contribution >= 4 is 17.6 Å². The minimum absolute atomic E-state index is 0.242. The molecule has 0 heterocycles. The maximum atomic E-state index is 13.9. The summed E-state index contributed by atoms with van der Waals surface area (Å²) in [6.07, 6.45) is 0. The van der Waals surface area contributed by atoms with Crippen molar-refractivity contribution in [1.29, 1.82) is 0 Å². The first-order valence-corrected chi connectivity index (χ1v) is 6.83. The van der Waals surface area contributed by atoms with Crippen molar-refractivity contribution in [2.24, 2.45) is 0 Å². The van der Waals surface area contributed by atoms with E-state index >= 15 is 0 Å². The highest BCUT2D eigenvalue weighted by Crippen LogP contribution is 2.22. The molecule has 1 rings (SSSR count). The van der Waals surface area contributed by atoms with Crippen molar-refractivity contribution in [1.82, 2.24) is 10.2 Å². The van der Waals surface area contributed by atoms with Crippen molar-refractivity contribution in [2.75, 3.05) is 33.8 Å². The number of nitrogens with zero attached hydrogens (tertiary/aromatic N) is 1. The van der Waals surface area contributed by atoms with Crippen LogP contribution in [0.1, 0.15) is 18.5 Å². The molecular weight excluding hydrogens is 283 g/mol. The van der Waals surface area contributed by atoms with Crippen LogP contribution in [0.5, 0.6) is 0 Å². The highest BCUT2D eigenvalue weighted by atomic mass is 35.5. The Labute approximate surface area is 123 Å². The fourth-order valence-corrected chi connectivity index (χ4v) is 1.87. The number of halogens is 2. The lowest BCUT2D eigenvalue weighted by molar-refractivity contribution is -0.146. The normalized spacial score (nSPS) is 12.5. The summed E-state index contributed by atoms with van der Waals surface area (Å²) in [6, 6.07) is 3.42. The quantitative estimate of drug-likeness (QED) is 0.784. The average Bonchev–Trinajstić information content (AvgIpc) is 2.35. The molecule has 0 fully saturated rings. The van der Waals surface area contributed by atoms with Gasteiger partial charge in [-0.25, -0.2) is 9.18 Å². The van der Waals surface area contributed by atoms with E-state index in [1.165, 1.54) is 12.1 Å². The zero-order chi connectivity index (χ0) is 15.1. The van der Waals surface area contributed by atoms with Gasteiger partial charge in [-0.15, -0.1) is 0 Å². The van der Waals surface area contributed by atoms with E-state index in [1.54, 1.807) is 13.0 Å². The summed E-state index contributed by atoms with van der Waals surface area (Å²) < 4.78 is 18.9. The number of carbonyl (C=O) groups is 1. The van der Waals surface area contributed by atoms with Crippen LogP contribution in [0, 0.1) is 5.82 Å². The third kappa shape index (κ3) is 5.07. The zero-order valence-electron chi connectivity index (χ0n) is 12.0. The molecular formula is C14H20ClFN2O2.